The van der Waals surface area contributed by atoms with E-state index in [-0.39, 0.29) is 5.97 Å². The number of hydrogen-bond acceptors (Lipinski definition) is 4. The lowest BCUT2D eigenvalue weighted by atomic mass is 9.89. The molecule has 160 valence electrons. The van der Waals surface area contributed by atoms with Crippen LogP contribution >= 0.6 is 0 Å². The second kappa shape index (κ2) is 8.93. The lowest BCUT2D eigenvalue weighted by Gasteiger charge is -2.16. The molecule has 0 aromatic heterocycles. The molecule has 0 bridgehead atoms. The Bertz CT molecular complexity index is 973. The van der Waals surface area contributed by atoms with E-state index in [1.54, 1.807) is 6.92 Å². The standard InChI is InChI=1S/C27H28O4/c1-4-26(28)30-24-9-5-18(6-10-24)20-13-22-15-21(16-23(22)14-20)19-7-11-25(12-8-19)31-27(29)17(2)3/h4-12,20-23H,1-2,13-16H2,3H3. The molecule has 2 fully saturated rings. The zero-order valence-electron chi connectivity index (χ0n) is 17.9. The quantitative estimate of drug-likeness (QED) is 0.332. The van der Waals surface area contributed by atoms with Gasteiger partial charge in [0.2, 0.25) is 0 Å². The largest absolute Gasteiger partial charge is 0.423 e. The monoisotopic (exact) mass is 416 g/mol. The summed E-state index contributed by atoms with van der Waals surface area (Å²) in [6.07, 6.45) is 6.01. The Morgan fingerprint density at radius 1 is 0.806 bits per heavy atom. The first-order chi connectivity index (χ1) is 14.9. The van der Waals surface area contributed by atoms with Crippen LogP contribution in [-0.4, -0.2) is 11.9 Å². The van der Waals surface area contributed by atoms with E-state index in [4.69, 9.17) is 9.47 Å². The van der Waals surface area contributed by atoms with E-state index in [1.165, 1.54) is 42.9 Å². The molecule has 2 aromatic carbocycles. The Labute approximate surface area is 183 Å². The Balaban J connectivity index is 1.33. The van der Waals surface area contributed by atoms with Crippen molar-refractivity contribution >= 4 is 11.9 Å². The maximum Gasteiger partial charge on any atom is 0.338 e. The van der Waals surface area contributed by atoms with Crippen LogP contribution in [0.15, 0.2) is 73.3 Å². The fourth-order valence-electron chi connectivity index (χ4n) is 5.13. The molecule has 2 aliphatic carbocycles. The minimum absolute atomic E-state index is 0.388. The predicted octanol–water partition coefficient (Wildman–Crippen LogP) is 5.95. The molecule has 4 nitrogen and oxygen atoms in total. The van der Waals surface area contributed by atoms with E-state index < -0.39 is 5.97 Å². The van der Waals surface area contributed by atoms with Crippen LogP contribution in [0.3, 0.4) is 0 Å². The van der Waals surface area contributed by atoms with Crippen molar-refractivity contribution in [1.29, 1.82) is 0 Å². The minimum Gasteiger partial charge on any atom is -0.423 e. The van der Waals surface area contributed by atoms with Crippen LogP contribution in [0.25, 0.3) is 0 Å². The van der Waals surface area contributed by atoms with E-state index in [9.17, 15) is 9.59 Å². The molecule has 2 atom stereocenters. The normalized spacial score (nSPS) is 24.3. The average Bonchev–Trinajstić information content (AvgIpc) is 3.34. The first-order valence-electron chi connectivity index (χ1n) is 10.8. The van der Waals surface area contributed by atoms with E-state index in [1.807, 2.05) is 24.3 Å². The summed E-state index contributed by atoms with van der Waals surface area (Å²) in [5.74, 6) is 2.94. The fourth-order valence-corrected chi connectivity index (χ4v) is 5.13. The molecule has 0 aliphatic heterocycles. The van der Waals surface area contributed by atoms with Gasteiger partial charge in [-0.25, -0.2) is 9.59 Å². The number of esters is 2. The number of carbonyl (C=O) groups excluding carboxylic acids is 2. The van der Waals surface area contributed by atoms with Crippen molar-refractivity contribution in [1.82, 2.24) is 0 Å². The summed E-state index contributed by atoms with van der Waals surface area (Å²) in [6.45, 7) is 8.68. The first-order valence-corrected chi connectivity index (χ1v) is 10.8. The summed E-state index contributed by atoms with van der Waals surface area (Å²) < 4.78 is 10.5. The topological polar surface area (TPSA) is 52.6 Å². The van der Waals surface area contributed by atoms with Crippen LogP contribution in [0.5, 0.6) is 11.5 Å². The molecule has 2 saturated carbocycles. The van der Waals surface area contributed by atoms with Crippen LogP contribution in [-0.2, 0) is 9.59 Å². The fraction of sp³-hybridized carbons (Fsp3) is 0.333. The van der Waals surface area contributed by atoms with Gasteiger partial charge in [-0.3, -0.25) is 0 Å². The summed E-state index contributed by atoms with van der Waals surface area (Å²) in [7, 11) is 0. The van der Waals surface area contributed by atoms with Gasteiger partial charge in [0.1, 0.15) is 11.5 Å². The number of ether oxygens (including phenoxy) is 2. The van der Waals surface area contributed by atoms with Gasteiger partial charge in [-0.2, -0.15) is 0 Å². The number of benzene rings is 2. The molecule has 2 aromatic rings. The maximum absolute atomic E-state index is 11.7. The van der Waals surface area contributed by atoms with Gasteiger partial charge in [0.25, 0.3) is 0 Å². The van der Waals surface area contributed by atoms with E-state index in [0.29, 0.717) is 28.9 Å². The van der Waals surface area contributed by atoms with Crippen molar-refractivity contribution in [2.75, 3.05) is 0 Å². The van der Waals surface area contributed by atoms with Gasteiger partial charge in [0.15, 0.2) is 0 Å². The number of carbonyl (C=O) groups is 2. The third kappa shape index (κ3) is 4.79. The second-order valence-electron chi connectivity index (χ2n) is 8.79. The van der Waals surface area contributed by atoms with E-state index in [2.05, 4.69) is 37.4 Å². The number of fused-ring (bicyclic) bond motifs is 1. The van der Waals surface area contributed by atoms with E-state index in [0.717, 1.165) is 11.8 Å². The van der Waals surface area contributed by atoms with Crippen LogP contribution in [0.2, 0.25) is 0 Å². The SMILES string of the molecule is C=CC(=O)Oc1ccc(C2CC3CC(c4ccc(OC(=O)C(=C)C)cc4)CC3C2)cc1. The van der Waals surface area contributed by atoms with Crippen molar-refractivity contribution in [3.8, 4) is 11.5 Å². The molecule has 4 rings (SSSR count). The molecule has 0 radical (unpaired) electrons. The number of rotatable bonds is 6. The van der Waals surface area contributed by atoms with Crippen molar-refractivity contribution in [3.63, 3.8) is 0 Å². The zero-order valence-corrected chi connectivity index (χ0v) is 17.9. The van der Waals surface area contributed by atoms with Crippen molar-refractivity contribution in [2.45, 2.75) is 44.4 Å². The minimum atomic E-state index is -0.434. The van der Waals surface area contributed by atoms with Crippen LogP contribution in [0, 0.1) is 11.8 Å². The van der Waals surface area contributed by atoms with Crippen molar-refractivity contribution < 1.29 is 19.1 Å². The van der Waals surface area contributed by atoms with Crippen molar-refractivity contribution in [3.05, 3.63) is 84.5 Å². The molecule has 2 aliphatic rings. The lowest BCUT2D eigenvalue weighted by Crippen LogP contribution is -2.08. The first kappa shape index (κ1) is 21.1. The van der Waals surface area contributed by atoms with Gasteiger partial charge in [0, 0.05) is 11.6 Å². The van der Waals surface area contributed by atoms with Gasteiger partial charge in [0.05, 0.1) is 0 Å². The van der Waals surface area contributed by atoms with Crippen LogP contribution < -0.4 is 9.47 Å². The second-order valence-corrected chi connectivity index (χ2v) is 8.79. The highest BCUT2D eigenvalue weighted by molar-refractivity contribution is 5.88. The lowest BCUT2D eigenvalue weighted by molar-refractivity contribution is -0.130. The molecule has 31 heavy (non-hydrogen) atoms. The highest BCUT2D eigenvalue weighted by atomic mass is 16.5. The summed E-state index contributed by atoms with van der Waals surface area (Å²) in [5.41, 5.74) is 3.05. The summed E-state index contributed by atoms with van der Waals surface area (Å²) in [6, 6.07) is 15.9. The third-order valence-electron chi connectivity index (χ3n) is 6.66. The van der Waals surface area contributed by atoms with Gasteiger partial charge < -0.3 is 9.47 Å². The van der Waals surface area contributed by atoms with Gasteiger partial charge in [-0.05, 0) is 91.7 Å². The summed E-state index contributed by atoms with van der Waals surface area (Å²) in [5, 5.41) is 0. The average molecular weight is 417 g/mol. The molecule has 0 saturated heterocycles. The smallest absolute Gasteiger partial charge is 0.338 e. The molecule has 2 unspecified atom stereocenters. The molecule has 0 N–H and O–H groups in total. The third-order valence-corrected chi connectivity index (χ3v) is 6.66. The molecule has 0 spiro atoms. The van der Waals surface area contributed by atoms with Crippen LogP contribution in [0.1, 0.15) is 55.6 Å². The maximum atomic E-state index is 11.7. The Hall–Kier alpha value is -3.14. The summed E-state index contributed by atoms with van der Waals surface area (Å²) in [4.78, 5) is 23.0. The molecule has 0 heterocycles. The highest BCUT2D eigenvalue weighted by Crippen LogP contribution is 2.55. The number of hydrogen-bond donors (Lipinski definition) is 0. The molecular formula is C27H28O4. The van der Waals surface area contributed by atoms with Crippen LogP contribution in [0.4, 0.5) is 0 Å². The molecule has 0 amide bonds. The van der Waals surface area contributed by atoms with E-state index >= 15 is 0 Å². The summed E-state index contributed by atoms with van der Waals surface area (Å²) >= 11 is 0. The van der Waals surface area contributed by atoms with Gasteiger partial charge >= 0.3 is 11.9 Å². The predicted molar refractivity (Wildman–Crippen MR) is 120 cm³/mol. The Morgan fingerprint density at radius 3 is 1.61 bits per heavy atom. The Morgan fingerprint density at radius 2 is 1.23 bits per heavy atom. The van der Waals surface area contributed by atoms with Crippen molar-refractivity contribution in [2.24, 2.45) is 11.8 Å². The molecule has 4 heteroatoms. The zero-order chi connectivity index (χ0) is 22.0. The molecular weight excluding hydrogens is 388 g/mol. The van der Waals surface area contributed by atoms with Gasteiger partial charge in [-0.15, -0.1) is 0 Å². The Kier molecular flexibility index (Phi) is 6.08. The van der Waals surface area contributed by atoms with Gasteiger partial charge in [-0.1, -0.05) is 37.4 Å². The highest BCUT2D eigenvalue weighted by Gasteiger charge is 2.42.